The smallest absolute Gasteiger partial charge is 0.168 e. The van der Waals surface area contributed by atoms with E-state index in [0.717, 1.165) is 24.8 Å². The normalized spacial score (nSPS) is 10.8. The van der Waals surface area contributed by atoms with Crippen LogP contribution in [0.1, 0.15) is 37.3 Å². The minimum Gasteiger partial charge on any atom is -0.256 e. The van der Waals surface area contributed by atoms with Gasteiger partial charge in [0.2, 0.25) is 0 Å². The highest BCUT2D eigenvalue weighted by atomic mass is 19.2. The molecule has 20 heavy (non-hydrogen) atoms. The first kappa shape index (κ1) is 14.6. The van der Waals surface area contributed by atoms with Gasteiger partial charge >= 0.3 is 0 Å². The molecule has 0 unspecified atom stereocenters. The third-order valence-electron chi connectivity index (χ3n) is 3.40. The zero-order valence-electron chi connectivity index (χ0n) is 11.9. The highest BCUT2D eigenvalue weighted by Crippen LogP contribution is 2.26. The summed E-state index contributed by atoms with van der Waals surface area (Å²) in [5.41, 5.74) is 2.13. The number of unbranched alkanes of at least 4 members (excludes halogenated alkanes) is 2. The fraction of sp³-hybridized carbons (Fsp3) is 0.353. The summed E-state index contributed by atoms with van der Waals surface area (Å²) in [6, 6.07) is 6.85. The molecule has 0 saturated carbocycles. The van der Waals surface area contributed by atoms with E-state index in [0.29, 0.717) is 17.7 Å². The van der Waals surface area contributed by atoms with Gasteiger partial charge < -0.3 is 0 Å². The van der Waals surface area contributed by atoms with Crippen LogP contribution in [0, 0.1) is 18.6 Å². The minimum atomic E-state index is -0.796. The fourth-order valence-corrected chi connectivity index (χ4v) is 2.17. The van der Waals surface area contributed by atoms with Crippen molar-refractivity contribution in [3.8, 4) is 11.3 Å². The molecule has 1 aromatic heterocycles. The third-order valence-corrected chi connectivity index (χ3v) is 3.40. The molecule has 0 spiro atoms. The average molecular weight is 275 g/mol. The molecule has 3 heteroatoms. The Labute approximate surface area is 118 Å². The Balaban J connectivity index is 2.28. The maximum atomic E-state index is 14.1. The number of rotatable bonds is 5. The van der Waals surface area contributed by atoms with Gasteiger partial charge in [-0.2, -0.15) is 0 Å². The van der Waals surface area contributed by atoms with Crippen molar-refractivity contribution in [3.05, 3.63) is 53.2 Å². The van der Waals surface area contributed by atoms with Gasteiger partial charge in [-0.25, -0.2) is 8.78 Å². The molecule has 0 saturated heterocycles. The number of benzene rings is 1. The number of aryl methyl sites for hydroxylation is 2. The second-order valence-corrected chi connectivity index (χ2v) is 5.08. The van der Waals surface area contributed by atoms with Crippen LogP contribution in [0.2, 0.25) is 0 Å². The van der Waals surface area contributed by atoms with Crippen LogP contribution >= 0.6 is 0 Å². The zero-order valence-corrected chi connectivity index (χ0v) is 11.9. The molecule has 1 nitrogen and oxygen atoms in total. The van der Waals surface area contributed by atoms with Crippen LogP contribution in [-0.4, -0.2) is 4.98 Å². The summed E-state index contributed by atoms with van der Waals surface area (Å²) in [5, 5.41) is 0. The Kier molecular flexibility index (Phi) is 4.83. The number of hydrogen-bond acceptors (Lipinski definition) is 1. The molecular weight excluding hydrogens is 256 g/mol. The summed E-state index contributed by atoms with van der Waals surface area (Å²) >= 11 is 0. The third kappa shape index (κ3) is 3.21. The van der Waals surface area contributed by atoms with Crippen molar-refractivity contribution >= 4 is 0 Å². The van der Waals surface area contributed by atoms with E-state index in [-0.39, 0.29) is 5.56 Å². The summed E-state index contributed by atoms with van der Waals surface area (Å²) in [5.74, 6) is -1.53. The summed E-state index contributed by atoms with van der Waals surface area (Å²) in [6.45, 7) is 3.99. The lowest BCUT2D eigenvalue weighted by atomic mass is 10.0. The van der Waals surface area contributed by atoms with Crippen molar-refractivity contribution in [2.45, 2.75) is 39.5 Å². The first-order chi connectivity index (χ1) is 9.63. The fourth-order valence-electron chi connectivity index (χ4n) is 2.17. The Hall–Kier alpha value is -1.77. The van der Waals surface area contributed by atoms with E-state index < -0.39 is 11.6 Å². The first-order valence-corrected chi connectivity index (χ1v) is 7.03. The summed E-state index contributed by atoms with van der Waals surface area (Å²) in [7, 11) is 0. The summed E-state index contributed by atoms with van der Waals surface area (Å²) < 4.78 is 28.2. The monoisotopic (exact) mass is 275 g/mol. The summed E-state index contributed by atoms with van der Waals surface area (Å²) in [6.07, 6.45) is 5.22. The van der Waals surface area contributed by atoms with E-state index in [9.17, 15) is 8.78 Å². The van der Waals surface area contributed by atoms with Crippen molar-refractivity contribution in [2.75, 3.05) is 0 Å². The highest BCUT2D eigenvalue weighted by Gasteiger charge is 2.15. The van der Waals surface area contributed by atoms with Crippen molar-refractivity contribution in [1.82, 2.24) is 4.98 Å². The van der Waals surface area contributed by atoms with Gasteiger partial charge in [-0.3, -0.25) is 4.98 Å². The molecule has 106 valence electrons. The number of hydrogen-bond donors (Lipinski definition) is 0. The van der Waals surface area contributed by atoms with Gasteiger partial charge in [-0.15, -0.1) is 0 Å². The molecule has 0 N–H and O–H groups in total. The Morgan fingerprint density at radius 2 is 1.80 bits per heavy atom. The van der Waals surface area contributed by atoms with E-state index in [1.165, 1.54) is 0 Å². The Bertz CT molecular complexity index is 576. The highest BCUT2D eigenvalue weighted by molar-refractivity contribution is 5.60. The lowest BCUT2D eigenvalue weighted by molar-refractivity contribution is 0.498. The quantitative estimate of drug-likeness (QED) is 0.694. The zero-order chi connectivity index (χ0) is 14.5. The van der Waals surface area contributed by atoms with Gasteiger partial charge in [-0.05, 0) is 43.0 Å². The molecule has 1 aromatic carbocycles. The Morgan fingerprint density at radius 1 is 1.00 bits per heavy atom. The second kappa shape index (κ2) is 6.60. The predicted molar refractivity (Wildman–Crippen MR) is 77.6 cm³/mol. The van der Waals surface area contributed by atoms with Crippen LogP contribution in [0.25, 0.3) is 11.3 Å². The molecule has 0 radical (unpaired) electrons. The van der Waals surface area contributed by atoms with Crippen LogP contribution in [-0.2, 0) is 6.42 Å². The van der Waals surface area contributed by atoms with Crippen LogP contribution in [0.15, 0.2) is 30.5 Å². The van der Waals surface area contributed by atoms with Crippen molar-refractivity contribution in [3.63, 3.8) is 0 Å². The maximum Gasteiger partial charge on any atom is 0.168 e. The average Bonchev–Trinajstić information content (AvgIpc) is 2.45. The largest absolute Gasteiger partial charge is 0.256 e. The molecule has 2 aromatic rings. The molecule has 2 rings (SSSR count). The molecular formula is C17H19F2N. The maximum absolute atomic E-state index is 14.1. The molecule has 0 aliphatic carbocycles. The van der Waals surface area contributed by atoms with E-state index in [1.54, 1.807) is 24.4 Å². The van der Waals surface area contributed by atoms with Crippen molar-refractivity contribution in [2.24, 2.45) is 0 Å². The van der Waals surface area contributed by atoms with Crippen LogP contribution < -0.4 is 0 Å². The number of nitrogens with zero attached hydrogens (tertiary/aromatic N) is 1. The first-order valence-electron chi connectivity index (χ1n) is 7.03. The molecule has 0 aliphatic heterocycles. The van der Waals surface area contributed by atoms with Crippen LogP contribution in [0.5, 0.6) is 0 Å². The van der Waals surface area contributed by atoms with Crippen molar-refractivity contribution < 1.29 is 8.78 Å². The summed E-state index contributed by atoms with van der Waals surface area (Å²) in [4.78, 5) is 4.15. The molecule has 1 heterocycles. The van der Waals surface area contributed by atoms with E-state index in [1.807, 2.05) is 13.0 Å². The molecule has 0 aliphatic rings. The lowest BCUT2D eigenvalue weighted by Crippen LogP contribution is -1.98. The van der Waals surface area contributed by atoms with Gasteiger partial charge in [0.25, 0.3) is 0 Å². The van der Waals surface area contributed by atoms with Gasteiger partial charge in [0.05, 0.1) is 5.69 Å². The molecule has 0 fully saturated rings. The van der Waals surface area contributed by atoms with E-state index in [2.05, 4.69) is 11.9 Å². The standard InChI is InChI=1S/C17H19F2N/c1-3-4-5-6-13-8-9-14(17(19)16(13)18)15-10-7-12(2)11-20-15/h7-11H,3-6H2,1-2H3. The van der Waals surface area contributed by atoms with E-state index >= 15 is 0 Å². The minimum absolute atomic E-state index is 0.224. The van der Waals surface area contributed by atoms with E-state index in [4.69, 9.17) is 0 Å². The number of pyridine rings is 1. The van der Waals surface area contributed by atoms with Crippen molar-refractivity contribution in [1.29, 1.82) is 0 Å². The molecule has 0 atom stereocenters. The van der Waals surface area contributed by atoms with Gasteiger partial charge in [0.15, 0.2) is 11.6 Å². The van der Waals surface area contributed by atoms with Crippen LogP contribution in [0.3, 0.4) is 0 Å². The van der Waals surface area contributed by atoms with Gasteiger partial charge in [0, 0.05) is 11.8 Å². The lowest BCUT2D eigenvalue weighted by Gasteiger charge is -2.08. The number of halogens is 2. The van der Waals surface area contributed by atoms with Gasteiger partial charge in [0.1, 0.15) is 0 Å². The van der Waals surface area contributed by atoms with Gasteiger partial charge in [-0.1, -0.05) is 31.9 Å². The predicted octanol–water partition coefficient (Wildman–Crippen LogP) is 5.07. The SMILES string of the molecule is CCCCCc1ccc(-c2ccc(C)cn2)c(F)c1F. The molecule has 0 amide bonds. The molecule has 0 bridgehead atoms. The van der Waals surface area contributed by atoms with Crippen LogP contribution in [0.4, 0.5) is 8.78 Å². The second-order valence-electron chi connectivity index (χ2n) is 5.08. The number of aromatic nitrogens is 1. The topological polar surface area (TPSA) is 12.9 Å². The Morgan fingerprint density at radius 3 is 2.45 bits per heavy atom.